The van der Waals surface area contributed by atoms with Crippen LogP contribution in [0, 0.1) is 12.3 Å². The first-order valence-electron chi connectivity index (χ1n) is 11.5. The second-order valence-corrected chi connectivity index (χ2v) is 15.0. The molecule has 0 saturated heterocycles. The van der Waals surface area contributed by atoms with E-state index in [0.717, 1.165) is 21.9 Å². The van der Waals surface area contributed by atoms with Gasteiger partial charge < -0.3 is 13.9 Å². The summed E-state index contributed by atoms with van der Waals surface area (Å²) in [5.74, 6) is 9.73. The summed E-state index contributed by atoms with van der Waals surface area (Å²) in [5, 5.41) is 1.38. The summed E-state index contributed by atoms with van der Waals surface area (Å²) < 4.78 is 17.5. The third-order valence-electron chi connectivity index (χ3n) is 6.33. The monoisotopic (exact) mass is 517 g/mol. The van der Waals surface area contributed by atoms with Crippen molar-refractivity contribution >= 4 is 26.0 Å². The molecule has 9 heteroatoms. The second-order valence-electron chi connectivity index (χ2n) is 9.83. The third kappa shape index (κ3) is 7.97. The van der Waals surface area contributed by atoms with Crippen LogP contribution in [0.2, 0.25) is 23.3 Å². The van der Waals surface area contributed by atoms with Gasteiger partial charge in [0, 0.05) is 18.2 Å². The Morgan fingerprint density at radius 2 is 1.89 bits per heavy atom. The van der Waals surface area contributed by atoms with Gasteiger partial charge in [-0.05, 0) is 48.3 Å². The average Bonchev–Trinajstić information content (AvgIpc) is 2.81. The van der Waals surface area contributed by atoms with Crippen LogP contribution in [0.4, 0.5) is 4.79 Å². The van der Waals surface area contributed by atoms with Crippen molar-refractivity contribution in [1.29, 1.82) is 0 Å². The number of nitrogens with zero attached hydrogens (tertiary/aromatic N) is 2. The fraction of sp³-hybridized carbons (Fsp3) is 0.462. The maximum absolute atomic E-state index is 13.0. The molecule has 0 bridgehead atoms. The third-order valence-corrected chi connectivity index (χ3v) is 11.0. The molecule has 1 heterocycles. The molecule has 7 nitrogen and oxygen atoms in total. The number of rotatable bonds is 10. The number of hydrogen-bond donors (Lipinski definition) is 1. The molecular formula is C26H36ClN3O4Si. The first-order chi connectivity index (χ1) is 16.4. The molecule has 2 aromatic rings. The first-order valence-corrected chi connectivity index (χ1v) is 14.7. The van der Waals surface area contributed by atoms with E-state index in [9.17, 15) is 4.79 Å². The summed E-state index contributed by atoms with van der Waals surface area (Å²) >= 11 is 6.03. The number of methoxy groups -OCH3 is 1. The zero-order chi connectivity index (χ0) is 26.2. The van der Waals surface area contributed by atoms with Gasteiger partial charge in [-0.3, -0.25) is 0 Å². The molecule has 0 fully saturated rings. The highest BCUT2D eigenvalue weighted by molar-refractivity contribution is 6.74. The van der Waals surface area contributed by atoms with Crippen LogP contribution in [0.3, 0.4) is 0 Å². The van der Waals surface area contributed by atoms with Gasteiger partial charge in [0.25, 0.3) is 0 Å². The molecule has 0 aliphatic carbocycles. The predicted octanol–water partition coefficient (Wildman–Crippen LogP) is 6.10. The van der Waals surface area contributed by atoms with E-state index in [-0.39, 0.29) is 11.6 Å². The molecule has 2 atom stereocenters. The van der Waals surface area contributed by atoms with Crippen molar-refractivity contribution < 1.29 is 18.7 Å². The number of terminal acetylenes is 1. The summed E-state index contributed by atoms with van der Waals surface area (Å²) in [7, 11) is -0.692. The molecule has 190 valence electrons. The number of ether oxygens (including phenoxy) is 2. The van der Waals surface area contributed by atoms with Crippen LogP contribution in [-0.4, -0.2) is 37.6 Å². The standard InChI is InChI=1S/C26H36ClN3O4Si/c1-8-9-10-22(30(28)25(31)33-18-19-11-14-21(32-5)15-12-19)24(20-13-16-23(27)29-17-20)34-35(6,7)26(2,3)4/h1,11-17,22,24H,9-10,18,28H2,2-7H3/t22-,24-/m1/s1. The lowest BCUT2D eigenvalue weighted by atomic mass is 9.99. The lowest BCUT2D eigenvalue weighted by Gasteiger charge is -2.43. The molecule has 35 heavy (non-hydrogen) atoms. The van der Waals surface area contributed by atoms with E-state index in [2.05, 4.69) is 44.8 Å². The Hall–Kier alpha value is -2.57. The van der Waals surface area contributed by atoms with Gasteiger partial charge in [-0.2, -0.15) is 0 Å². The number of carbonyl (C=O) groups excluding carboxylic acids is 1. The molecule has 0 saturated carbocycles. The molecule has 0 unspecified atom stereocenters. The van der Waals surface area contributed by atoms with E-state index >= 15 is 0 Å². The minimum Gasteiger partial charge on any atom is -0.497 e. The minimum absolute atomic E-state index is 0.0641. The lowest BCUT2D eigenvalue weighted by molar-refractivity contribution is 0.0313. The van der Waals surface area contributed by atoms with Crippen LogP contribution in [0.5, 0.6) is 5.75 Å². The Bertz CT molecular complexity index is 1000. The number of hydrogen-bond acceptors (Lipinski definition) is 6. The van der Waals surface area contributed by atoms with Crippen LogP contribution in [0.25, 0.3) is 0 Å². The van der Waals surface area contributed by atoms with Gasteiger partial charge in [-0.15, -0.1) is 12.3 Å². The summed E-state index contributed by atoms with van der Waals surface area (Å²) in [6.45, 7) is 10.8. The van der Waals surface area contributed by atoms with Crippen LogP contribution < -0.4 is 10.6 Å². The van der Waals surface area contributed by atoms with Crippen molar-refractivity contribution in [2.24, 2.45) is 5.84 Å². The van der Waals surface area contributed by atoms with Crippen LogP contribution >= 0.6 is 11.6 Å². The van der Waals surface area contributed by atoms with E-state index < -0.39 is 26.6 Å². The fourth-order valence-electron chi connectivity index (χ4n) is 3.16. The lowest BCUT2D eigenvalue weighted by Crippen LogP contribution is -2.52. The molecule has 0 aliphatic heterocycles. The molecule has 2 rings (SSSR count). The molecule has 1 amide bonds. The largest absolute Gasteiger partial charge is 0.497 e. The maximum Gasteiger partial charge on any atom is 0.424 e. The highest BCUT2D eigenvalue weighted by atomic mass is 35.5. The highest BCUT2D eigenvalue weighted by Crippen LogP contribution is 2.41. The Kier molecular flexibility index (Phi) is 10.2. The Labute approximate surface area is 215 Å². The van der Waals surface area contributed by atoms with Crippen LogP contribution in [-0.2, 0) is 15.8 Å². The van der Waals surface area contributed by atoms with Gasteiger partial charge in [0.1, 0.15) is 17.5 Å². The molecule has 0 spiro atoms. The van der Waals surface area contributed by atoms with Gasteiger partial charge in [-0.25, -0.2) is 20.6 Å². The second kappa shape index (κ2) is 12.4. The van der Waals surface area contributed by atoms with E-state index in [4.69, 9.17) is 37.8 Å². The van der Waals surface area contributed by atoms with Crippen molar-refractivity contribution in [1.82, 2.24) is 9.99 Å². The molecule has 1 aromatic carbocycles. The van der Waals surface area contributed by atoms with Crippen molar-refractivity contribution in [3.63, 3.8) is 0 Å². The van der Waals surface area contributed by atoms with Gasteiger partial charge >= 0.3 is 6.09 Å². The van der Waals surface area contributed by atoms with Crippen molar-refractivity contribution in [3.05, 3.63) is 58.9 Å². The first kappa shape index (κ1) is 28.7. The number of hydrazine groups is 1. The number of benzene rings is 1. The Morgan fingerprint density at radius 3 is 2.40 bits per heavy atom. The Morgan fingerprint density at radius 1 is 1.23 bits per heavy atom. The van der Waals surface area contributed by atoms with Gasteiger partial charge in [-0.1, -0.05) is 50.6 Å². The van der Waals surface area contributed by atoms with Gasteiger partial charge in [0.05, 0.1) is 19.3 Å². The molecule has 1 aromatic heterocycles. The zero-order valence-corrected chi connectivity index (χ0v) is 23.1. The van der Waals surface area contributed by atoms with E-state index in [1.807, 2.05) is 18.2 Å². The summed E-state index contributed by atoms with van der Waals surface area (Å²) in [6.07, 6.45) is 6.81. The SMILES string of the molecule is C#CCC[C@H]([C@H](O[Si](C)(C)C(C)(C)C)c1ccc(Cl)nc1)N(N)C(=O)OCc1ccc(OC)cc1. The zero-order valence-electron chi connectivity index (χ0n) is 21.4. The maximum atomic E-state index is 13.0. The number of amides is 1. The molecular weight excluding hydrogens is 482 g/mol. The van der Waals surface area contributed by atoms with Crippen molar-refractivity contribution in [2.45, 2.75) is 70.5 Å². The topological polar surface area (TPSA) is 86.9 Å². The predicted molar refractivity (Wildman–Crippen MR) is 141 cm³/mol. The minimum atomic E-state index is -2.29. The van der Waals surface area contributed by atoms with Crippen molar-refractivity contribution in [2.75, 3.05) is 7.11 Å². The number of carbonyl (C=O) groups is 1. The number of nitrogens with two attached hydrogens (primary N) is 1. The number of aromatic nitrogens is 1. The van der Waals surface area contributed by atoms with Crippen LogP contribution in [0.15, 0.2) is 42.6 Å². The molecule has 0 radical (unpaired) electrons. The molecule has 2 N–H and O–H groups in total. The molecule has 0 aliphatic rings. The van der Waals surface area contributed by atoms with Gasteiger partial charge in [0.2, 0.25) is 0 Å². The van der Waals surface area contributed by atoms with Crippen LogP contribution in [0.1, 0.15) is 50.8 Å². The number of halogens is 1. The van der Waals surface area contributed by atoms with Crippen molar-refractivity contribution in [3.8, 4) is 18.1 Å². The van der Waals surface area contributed by atoms with E-state index in [1.165, 1.54) is 0 Å². The quantitative estimate of drug-likeness (QED) is 0.102. The summed E-state index contributed by atoms with van der Waals surface area (Å²) in [4.78, 5) is 17.2. The van der Waals surface area contributed by atoms with E-state index in [0.29, 0.717) is 18.0 Å². The number of pyridine rings is 1. The smallest absolute Gasteiger partial charge is 0.424 e. The average molecular weight is 518 g/mol. The van der Waals surface area contributed by atoms with Gasteiger partial charge in [0.15, 0.2) is 8.32 Å². The normalized spacial score (nSPS) is 13.5. The summed E-state index contributed by atoms with van der Waals surface area (Å²) in [5.41, 5.74) is 1.57. The summed E-state index contributed by atoms with van der Waals surface area (Å²) in [6, 6.07) is 10.2. The fourth-order valence-corrected chi connectivity index (χ4v) is 4.56. The Balaban J connectivity index is 2.33. The highest BCUT2D eigenvalue weighted by Gasteiger charge is 2.43. The van der Waals surface area contributed by atoms with E-state index in [1.54, 1.807) is 31.5 Å².